The molecule has 1 saturated heterocycles. The molecule has 1 aliphatic rings. The molecular formula is C12H15N3O4. The van der Waals surface area contributed by atoms with Crippen LogP contribution < -0.4 is 10.6 Å². The number of carbonyl (C=O) groups is 2. The normalized spacial score (nSPS) is 22.5. The number of aliphatic hydroxyl groups excluding tert-OH is 1. The maximum absolute atomic E-state index is 11.2. The molecule has 0 radical (unpaired) electrons. The Balaban J connectivity index is 2.40. The summed E-state index contributed by atoms with van der Waals surface area (Å²) < 4.78 is 0. The topological polar surface area (TPSA) is 117 Å². The second-order valence-corrected chi connectivity index (χ2v) is 4.62. The summed E-state index contributed by atoms with van der Waals surface area (Å²) >= 11 is 0. The Morgan fingerprint density at radius 2 is 2.16 bits per heavy atom. The van der Waals surface area contributed by atoms with Crippen molar-refractivity contribution >= 4 is 17.7 Å². The molecule has 0 spiro atoms. The van der Waals surface area contributed by atoms with E-state index in [0.29, 0.717) is 11.5 Å². The number of primary amides is 1. The third-order valence-electron chi connectivity index (χ3n) is 3.08. The predicted molar refractivity (Wildman–Crippen MR) is 66.9 cm³/mol. The number of anilines is 1. The number of nitrogens with zero attached hydrogens (tertiary/aromatic N) is 2. The van der Waals surface area contributed by atoms with E-state index >= 15 is 0 Å². The SMILES string of the molecule is Cc1cc(C(N)=O)cc(N2CC(O)CC2C(=O)O)n1. The van der Waals surface area contributed by atoms with Crippen molar-refractivity contribution in [2.75, 3.05) is 11.4 Å². The van der Waals surface area contributed by atoms with E-state index < -0.39 is 24.0 Å². The van der Waals surface area contributed by atoms with Crippen LogP contribution >= 0.6 is 0 Å². The van der Waals surface area contributed by atoms with Gasteiger partial charge in [-0.25, -0.2) is 9.78 Å². The second-order valence-electron chi connectivity index (χ2n) is 4.62. The molecule has 0 aromatic carbocycles. The molecule has 1 aliphatic heterocycles. The number of hydrogen-bond donors (Lipinski definition) is 3. The summed E-state index contributed by atoms with van der Waals surface area (Å²) in [6, 6.07) is 2.14. The molecule has 7 heteroatoms. The van der Waals surface area contributed by atoms with Crippen molar-refractivity contribution < 1.29 is 19.8 Å². The van der Waals surface area contributed by atoms with E-state index in [9.17, 15) is 14.7 Å². The summed E-state index contributed by atoms with van der Waals surface area (Å²) in [6.07, 6.45) is -0.586. The molecular weight excluding hydrogens is 250 g/mol. The molecule has 4 N–H and O–H groups in total. The van der Waals surface area contributed by atoms with Gasteiger partial charge in [0.1, 0.15) is 11.9 Å². The summed E-state index contributed by atoms with van der Waals surface area (Å²) in [5, 5.41) is 18.7. The number of carbonyl (C=O) groups excluding carboxylic acids is 1. The van der Waals surface area contributed by atoms with E-state index in [1.807, 2.05) is 0 Å². The van der Waals surface area contributed by atoms with Crippen molar-refractivity contribution in [1.82, 2.24) is 4.98 Å². The number of aromatic nitrogens is 1. The molecule has 0 aliphatic carbocycles. The third-order valence-corrected chi connectivity index (χ3v) is 3.08. The Morgan fingerprint density at radius 1 is 1.47 bits per heavy atom. The Kier molecular flexibility index (Phi) is 3.39. The van der Waals surface area contributed by atoms with Crippen LogP contribution in [0.2, 0.25) is 0 Å². The monoisotopic (exact) mass is 265 g/mol. The van der Waals surface area contributed by atoms with Crippen LogP contribution in [0.4, 0.5) is 5.82 Å². The number of amides is 1. The molecule has 0 saturated carbocycles. The third kappa shape index (κ3) is 2.65. The largest absolute Gasteiger partial charge is 0.480 e. The van der Waals surface area contributed by atoms with Gasteiger partial charge < -0.3 is 20.8 Å². The van der Waals surface area contributed by atoms with Crippen LogP contribution in [0.3, 0.4) is 0 Å². The fourth-order valence-electron chi connectivity index (χ4n) is 2.24. The molecule has 7 nitrogen and oxygen atoms in total. The Labute approximate surface area is 109 Å². The van der Waals surface area contributed by atoms with Crippen molar-refractivity contribution in [2.24, 2.45) is 5.73 Å². The van der Waals surface area contributed by atoms with Gasteiger partial charge in [0.15, 0.2) is 0 Å². The summed E-state index contributed by atoms with van der Waals surface area (Å²) in [7, 11) is 0. The van der Waals surface area contributed by atoms with Crippen LogP contribution in [0, 0.1) is 6.92 Å². The molecule has 1 aromatic heterocycles. The van der Waals surface area contributed by atoms with E-state index in [1.165, 1.54) is 17.0 Å². The first-order chi connectivity index (χ1) is 8.88. The average molecular weight is 265 g/mol. The fraction of sp³-hybridized carbons (Fsp3) is 0.417. The smallest absolute Gasteiger partial charge is 0.326 e. The van der Waals surface area contributed by atoms with Gasteiger partial charge in [-0.1, -0.05) is 0 Å². The molecule has 2 atom stereocenters. The van der Waals surface area contributed by atoms with E-state index in [1.54, 1.807) is 6.92 Å². The first-order valence-corrected chi connectivity index (χ1v) is 5.84. The van der Waals surface area contributed by atoms with Crippen LogP contribution in [0.5, 0.6) is 0 Å². The minimum absolute atomic E-state index is 0.136. The lowest BCUT2D eigenvalue weighted by Gasteiger charge is -2.22. The Bertz CT molecular complexity index is 532. The van der Waals surface area contributed by atoms with Gasteiger partial charge in [-0.05, 0) is 19.1 Å². The lowest BCUT2D eigenvalue weighted by Crippen LogP contribution is -2.36. The summed E-state index contributed by atoms with van der Waals surface area (Å²) in [6.45, 7) is 1.86. The molecule has 2 rings (SSSR count). The van der Waals surface area contributed by atoms with Crippen LogP contribution in [-0.2, 0) is 4.79 Å². The van der Waals surface area contributed by atoms with Gasteiger partial charge in [-0.2, -0.15) is 0 Å². The van der Waals surface area contributed by atoms with Gasteiger partial charge in [0.25, 0.3) is 0 Å². The van der Waals surface area contributed by atoms with Gasteiger partial charge in [-0.3, -0.25) is 4.79 Å². The van der Waals surface area contributed by atoms with E-state index in [0.717, 1.165) is 0 Å². The van der Waals surface area contributed by atoms with Gasteiger partial charge in [-0.15, -0.1) is 0 Å². The first-order valence-electron chi connectivity index (χ1n) is 5.84. The van der Waals surface area contributed by atoms with E-state index in [2.05, 4.69) is 4.98 Å². The number of nitrogens with two attached hydrogens (primary N) is 1. The zero-order valence-electron chi connectivity index (χ0n) is 10.4. The van der Waals surface area contributed by atoms with Crippen molar-refractivity contribution in [3.05, 3.63) is 23.4 Å². The van der Waals surface area contributed by atoms with Crippen LogP contribution in [0.15, 0.2) is 12.1 Å². The fourth-order valence-corrected chi connectivity index (χ4v) is 2.24. The van der Waals surface area contributed by atoms with Crippen molar-refractivity contribution in [3.63, 3.8) is 0 Å². The molecule has 102 valence electrons. The number of β-amino-alcohol motifs (C(OH)–C–C–N with tert-alkyl or cyclic N) is 1. The van der Waals surface area contributed by atoms with Crippen molar-refractivity contribution in [2.45, 2.75) is 25.5 Å². The summed E-state index contributed by atoms with van der Waals surface area (Å²) in [5.74, 6) is -1.28. The molecule has 0 bridgehead atoms. The molecule has 1 fully saturated rings. The highest BCUT2D eigenvalue weighted by Gasteiger charge is 2.37. The number of carboxylic acid groups (broad SMARTS) is 1. The van der Waals surface area contributed by atoms with Gasteiger partial charge in [0, 0.05) is 24.2 Å². The molecule has 1 amide bonds. The minimum atomic E-state index is -1.03. The number of carboxylic acids is 1. The van der Waals surface area contributed by atoms with Crippen molar-refractivity contribution in [1.29, 1.82) is 0 Å². The number of hydrogen-bond acceptors (Lipinski definition) is 5. The maximum atomic E-state index is 11.2. The van der Waals surface area contributed by atoms with E-state index in [-0.39, 0.29) is 18.5 Å². The Hall–Kier alpha value is -2.15. The molecule has 19 heavy (non-hydrogen) atoms. The van der Waals surface area contributed by atoms with Gasteiger partial charge in [0.05, 0.1) is 6.10 Å². The standard InChI is InChI=1S/C12H15N3O4/c1-6-2-7(11(13)17)3-10(14-6)15-5-8(16)4-9(15)12(18)19/h2-3,8-9,16H,4-5H2,1H3,(H2,13,17)(H,18,19). The number of aliphatic hydroxyl groups is 1. The first kappa shape index (κ1) is 13.3. The van der Waals surface area contributed by atoms with E-state index in [4.69, 9.17) is 10.8 Å². The summed E-state index contributed by atoms with van der Waals surface area (Å²) in [4.78, 5) is 28.1. The molecule has 2 unspecified atom stereocenters. The highest BCUT2D eigenvalue weighted by Crippen LogP contribution is 2.25. The Morgan fingerprint density at radius 3 is 2.74 bits per heavy atom. The highest BCUT2D eigenvalue weighted by molar-refractivity contribution is 5.93. The molecule has 1 aromatic rings. The number of rotatable bonds is 3. The lowest BCUT2D eigenvalue weighted by molar-refractivity contribution is -0.138. The quantitative estimate of drug-likeness (QED) is 0.679. The maximum Gasteiger partial charge on any atom is 0.326 e. The van der Waals surface area contributed by atoms with Gasteiger partial charge >= 0.3 is 5.97 Å². The van der Waals surface area contributed by atoms with Crippen molar-refractivity contribution in [3.8, 4) is 0 Å². The number of aryl methyl sites for hydroxylation is 1. The van der Waals surface area contributed by atoms with Crippen LogP contribution in [0.1, 0.15) is 22.5 Å². The zero-order valence-corrected chi connectivity index (χ0v) is 10.4. The van der Waals surface area contributed by atoms with Gasteiger partial charge in [0.2, 0.25) is 5.91 Å². The predicted octanol–water partition coefficient (Wildman–Crippen LogP) is -0.487. The summed E-state index contributed by atoms with van der Waals surface area (Å²) in [5.41, 5.74) is 6.06. The second kappa shape index (κ2) is 4.85. The zero-order chi connectivity index (χ0) is 14.2. The minimum Gasteiger partial charge on any atom is -0.480 e. The molecule has 2 heterocycles. The number of pyridine rings is 1. The van der Waals surface area contributed by atoms with Crippen LogP contribution in [-0.4, -0.2) is 45.8 Å². The number of aliphatic carboxylic acids is 1. The van der Waals surface area contributed by atoms with Crippen LogP contribution in [0.25, 0.3) is 0 Å². The highest BCUT2D eigenvalue weighted by atomic mass is 16.4. The average Bonchev–Trinajstić information content (AvgIpc) is 2.70. The lowest BCUT2D eigenvalue weighted by atomic mass is 10.2.